The summed E-state index contributed by atoms with van der Waals surface area (Å²) in [7, 11) is -1.01. The molecular formula is C21H28N2O5S. The summed E-state index contributed by atoms with van der Waals surface area (Å²) in [5.41, 5.74) is 1.19. The van der Waals surface area contributed by atoms with Gasteiger partial charge in [-0.15, -0.1) is 0 Å². The molecule has 2 atom stereocenters. The van der Waals surface area contributed by atoms with Gasteiger partial charge in [0.1, 0.15) is 0 Å². The van der Waals surface area contributed by atoms with Crippen LogP contribution < -0.4 is 19.5 Å². The number of sulfonamides is 1. The van der Waals surface area contributed by atoms with Crippen molar-refractivity contribution in [3.63, 3.8) is 0 Å². The van der Waals surface area contributed by atoms with Crippen molar-refractivity contribution in [2.75, 3.05) is 14.2 Å². The maximum absolute atomic E-state index is 12.6. The first-order chi connectivity index (χ1) is 13.8. The predicted octanol–water partition coefficient (Wildman–Crippen LogP) is 2.51. The van der Waals surface area contributed by atoms with Gasteiger partial charge in [-0.3, -0.25) is 4.79 Å². The van der Waals surface area contributed by atoms with Gasteiger partial charge in [0.25, 0.3) is 0 Å². The predicted molar refractivity (Wildman–Crippen MR) is 112 cm³/mol. The third kappa shape index (κ3) is 6.47. The fourth-order valence-corrected chi connectivity index (χ4v) is 4.02. The first-order valence-corrected chi connectivity index (χ1v) is 10.8. The molecule has 0 radical (unpaired) electrons. The molecule has 8 heteroatoms. The first kappa shape index (κ1) is 22.7. The Balaban J connectivity index is 1.95. The number of nitrogens with one attached hydrogen (secondary N) is 2. The molecule has 158 valence electrons. The van der Waals surface area contributed by atoms with Crippen LogP contribution in [0.5, 0.6) is 11.5 Å². The third-order valence-electron chi connectivity index (χ3n) is 4.49. The molecule has 0 aliphatic rings. The fourth-order valence-electron chi connectivity index (χ4n) is 2.81. The molecule has 0 aliphatic carbocycles. The summed E-state index contributed by atoms with van der Waals surface area (Å²) in [5.74, 6) is 0.334. The second-order valence-corrected chi connectivity index (χ2v) is 8.51. The van der Waals surface area contributed by atoms with Crippen LogP contribution in [0.3, 0.4) is 0 Å². The van der Waals surface area contributed by atoms with E-state index in [0.717, 1.165) is 12.8 Å². The van der Waals surface area contributed by atoms with E-state index in [-0.39, 0.29) is 16.8 Å². The summed E-state index contributed by atoms with van der Waals surface area (Å²) in [6.07, 6.45) is 1.58. The minimum atomic E-state index is -3.90. The quantitative estimate of drug-likeness (QED) is 0.616. The summed E-state index contributed by atoms with van der Waals surface area (Å²) < 4.78 is 37.9. The second kappa shape index (κ2) is 10.3. The number of benzene rings is 2. The molecule has 0 heterocycles. The second-order valence-electron chi connectivity index (χ2n) is 6.79. The van der Waals surface area contributed by atoms with Crippen molar-refractivity contribution < 1.29 is 22.7 Å². The lowest BCUT2D eigenvalue weighted by Crippen LogP contribution is -2.47. The first-order valence-electron chi connectivity index (χ1n) is 9.35. The summed E-state index contributed by atoms with van der Waals surface area (Å²) in [4.78, 5) is 12.4. The summed E-state index contributed by atoms with van der Waals surface area (Å²) in [6, 6.07) is 13.2. The van der Waals surface area contributed by atoms with Gasteiger partial charge < -0.3 is 14.8 Å². The minimum absolute atomic E-state index is 0.00748. The molecule has 0 aliphatic heterocycles. The Bertz CT molecular complexity index is 916. The maximum atomic E-state index is 12.6. The molecule has 0 saturated carbocycles. The highest BCUT2D eigenvalue weighted by Gasteiger charge is 2.24. The van der Waals surface area contributed by atoms with Crippen molar-refractivity contribution in [2.45, 2.75) is 43.7 Å². The van der Waals surface area contributed by atoms with Crippen LogP contribution in [0.15, 0.2) is 53.4 Å². The maximum Gasteiger partial charge on any atom is 0.241 e. The number of hydrogen-bond donors (Lipinski definition) is 2. The van der Waals surface area contributed by atoms with Crippen LogP contribution in [0.1, 0.15) is 25.8 Å². The fraction of sp³-hybridized carbons (Fsp3) is 0.381. The van der Waals surface area contributed by atoms with Gasteiger partial charge in [-0.2, -0.15) is 4.72 Å². The monoisotopic (exact) mass is 420 g/mol. The normalized spacial score (nSPS) is 13.4. The van der Waals surface area contributed by atoms with Crippen LogP contribution in [0.25, 0.3) is 0 Å². The van der Waals surface area contributed by atoms with Crippen LogP contribution in [-0.4, -0.2) is 40.6 Å². The largest absolute Gasteiger partial charge is 0.493 e. The molecule has 2 aromatic rings. The third-order valence-corrected chi connectivity index (χ3v) is 6.03. The molecule has 0 spiro atoms. The van der Waals surface area contributed by atoms with Gasteiger partial charge in [0, 0.05) is 12.1 Å². The molecule has 1 amide bonds. The SMILES string of the molecule is COc1ccc(S(=O)(=O)N[C@@H](C)C(=O)N[C@@H](C)CCc2ccccc2)cc1OC. The van der Waals surface area contributed by atoms with Crippen LogP contribution in [0.4, 0.5) is 0 Å². The Hall–Kier alpha value is -2.58. The van der Waals surface area contributed by atoms with Crippen LogP contribution in [0.2, 0.25) is 0 Å². The highest BCUT2D eigenvalue weighted by atomic mass is 32.2. The zero-order valence-electron chi connectivity index (χ0n) is 17.1. The Morgan fingerprint density at radius 2 is 1.66 bits per heavy atom. The van der Waals surface area contributed by atoms with E-state index in [1.165, 1.54) is 44.9 Å². The molecule has 7 nitrogen and oxygen atoms in total. The van der Waals surface area contributed by atoms with Gasteiger partial charge in [0.15, 0.2) is 11.5 Å². The van der Waals surface area contributed by atoms with Gasteiger partial charge in [-0.25, -0.2) is 8.42 Å². The Kier molecular flexibility index (Phi) is 8.04. The van der Waals surface area contributed by atoms with Gasteiger partial charge in [0.05, 0.1) is 25.2 Å². The number of hydrogen-bond acceptors (Lipinski definition) is 5. The van der Waals surface area contributed by atoms with Gasteiger partial charge in [-0.05, 0) is 44.4 Å². The van der Waals surface area contributed by atoms with Crippen molar-refractivity contribution in [2.24, 2.45) is 0 Å². The molecule has 2 N–H and O–H groups in total. The number of carbonyl (C=O) groups is 1. The van der Waals surface area contributed by atoms with E-state index < -0.39 is 16.1 Å². The van der Waals surface area contributed by atoms with Crippen molar-refractivity contribution in [1.82, 2.24) is 10.0 Å². The molecule has 0 fully saturated rings. The van der Waals surface area contributed by atoms with Gasteiger partial charge in [-0.1, -0.05) is 30.3 Å². The molecule has 2 rings (SSSR count). The molecule has 2 aromatic carbocycles. The Morgan fingerprint density at radius 1 is 1.00 bits per heavy atom. The molecule has 0 saturated heterocycles. The highest BCUT2D eigenvalue weighted by molar-refractivity contribution is 7.89. The van der Waals surface area contributed by atoms with Crippen LogP contribution in [0, 0.1) is 0 Å². The van der Waals surface area contributed by atoms with Crippen molar-refractivity contribution in [3.05, 3.63) is 54.1 Å². The summed E-state index contributed by atoms with van der Waals surface area (Å²) in [5, 5.41) is 2.85. The number of amides is 1. The number of ether oxygens (including phenoxy) is 2. The molecule has 29 heavy (non-hydrogen) atoms. The zero-order chi connectivity index (χ0) is 21.4. The standard InChI is InChI=1S/C21H28N2O5S/c1-15(10-11-17-8-6-5-7-9-17)22-21(24)16(2)23-29(25,26)18-12-13-19(27-3)20(14-18)28-4/h5-9,12-16,23H,10-11H2,1-4H3,(H,22,24)/t15-,16-/m0/s1. The number of methoxy groups -OCH3 is 2. The highest BCUT2D eigenvalue weighted by Crippen LogP contribution is 2.29. The zero-order valence-corrected chi connectivity index (χ0v) is 18.0. The summed E-state index contributed by atoms with van der Waals surface area (Å²) >= 11 is 0. The van der Waals surface area contributed by atoms with Crippen molar-refractivity contribution in [1.29, 1.82) is 0 Å². The van der Waals surface area contributed by atoms with Crippen LogP contribution >= 0.6 is 0 Å². The average Bonchev–Trinajstić information content (AvgIpc) is 2.72. The smallest absolute Gasteiger partial charge is 0.241 e. The molecular weight excluding hydrogens is 392 g/mol. The van der Waals surface area contributed by atoms with Gasteiger partial charge in [0.2, 0.25) is 15.9 Å². The van der Waals surface area contributed by atoms with E-state index in [9.17, 15) is 13.2 Å². The Labute approximate surface area is 172 Å². The number of carbonyl (C=O) groups excluding carboxylic acids is 1. The topological polar surface area (TPSA) is 93.7 Å². The van der Waals surface area contributed by atoms with Crippen molar-refractivity contribution >= 4 is 15.9 Å². The molecule has 0 bridgehead atoms. The lowest BCUT2D eigenvalue weighted by molar-refractivity contribution is -0.123. The average molecular weight is 421 g/mol. The lowest BCUT2D eigenvalue weighted by Gasteiger charge is -2.19. The molecule has 0 aromatic heterocycles. The van der Waals surface area contributed by atoms with E-state index in [1.807, 2.05) is 37.3 Å². The lowest BCUT2D eigenvalue weighted by atomic mass is 10.1. The Morgan fingerprint density at radius 3 is 2.28 bits per heavy atom. The minimum Gasteiger partial charge on any atom is -0.493 e. The van der Waals surface area contributed by atoms with E-state index >= 15 is 0 Å². The van der Waals surface area contributed by atoms with Crippen LogP contribution in [-0.2, 0) is 21.2 Å². The van der Waals surface area contributed by atoms with Gasteiger partial charge >= 0.3 is 0 Å². The van der Waals surface area contributed by atoms with E-state index in [2.05, 4.69) is 10.0 Å². The van der Waals surface area contributed by atoms with Crippen molar-refractivity contribution in [3.8, 4) is 11.5 Å². The van der Waals surface area contributed by atoms with E-state index in [0.29, 0.717) is 11.5 Å². The number of rotatable bonds is 10. The number of aryl methyl sites for hydroxylation is 1. The summed E-state index contributed by atoms with van der Waals surface area (Å²) in [6.45, 7) is 3.41. The van der Waals surface area contributed by atoms with E-state index in [1.54, 1.807) is 0 Å². The van der Waals surface area contributed by atoms with E-state index in [4.69, 9.17) is 9.47 Å². The molecule has 0 unspecified atom stereocenters.